The van der Waals surface area contributed by atoms with Gasteiger partial charge in [0.05, 0.1) is 12.2 Å². The molecule has 2 rings (SSSR count). The van der Waals surface area contributed by atoms with Gasteiger partial charge in [-0.25, -0.2) is 4.79 Å². The summed E-state index contributed by atoms with van der Waals surface area (Å²) in [6.45, 7) is 1.17. The molecule has 2 aromatic rings. The van der Waals surface area contributed by atoms with Crippen molar-refractivity contribution in [2.24, 2.45) is 0 Å². The molecule has 0 spiro atoms. The highest BCUT2D eigenvalue weighted by atomic mass is 19.4. The van der Waals surface area contributed by atoms with Crippen LogP contribution in [0.3, 0.4) is 0 Å². The maximum absolute atomic E-state index is 13.8. The molecule has 0 unspecified atom stereocenters. The predicted molar refractivity (Wildman–Crippen MR) is 103 cm³/mol. The van der Waals surface area contributed by atoms with Crippen molar-refractivity contribution in [1.29, 1.82) is 0 Å². The summed E-state index contributed by atoms with van der Waals surface area (Å²) >= 11 is 0. The number of hydrogen-bond acceptors (Lipinski definition) is 5. The van der Waals surface area contributed by atoms with Crippen LogP contribution >= 0.6 is 0 Å². The van der Waals surface area contributed by atoms with Crippen molar-refractivity contribution in [2.45, 2.75) is 37.3 Å². The van der Waals surface area contributed by atoms with Gasteiger partial charge in [-0.2, -0.15) is 13.2 Å². The molecule has 5 nitrogen and oxygen atoms in total. The van der Waals surface area contributed by atoms with Crippen LogP contribution < -0.4 is 0 Å². The Hall–Kier alpha value is -2.42. The molecule has 0 bridgehead atoms. The van der Waals surface area contributed by atoms with E-state index in [1.807, 2.05) is 30.3 Å². The third kappa shape index (κ3) is 5.81. The van der Waals surface area contributed by atoms with E-state index in [1.165, 1.54) is 25.1 Å². The number of carbonyl (C=O) groups is 1. The van der Waals surface area contributed by atoms with E-state index in [1.54, 1.807) is 0 Å². The van der Waals surface area contributed by atoms with E-state index >= 15 is 0 Å². The Kier molecular flexibility index (Phi) is 8.00. The molecule has 0 aliphatic heterocycles. The maximum Gasteiger partial charge on any atom is 0.432 e. The molecule has 8 heteroatoms. The van der Waals surface area contributed by atoms with Crippen molar-refractivity contribution < 1.29 is 37.3 Å². The quantitative estimate of drug-likeness (QED) is 0.460. The monoisotopic (exact) mass is 426 g/mol. The first kappa shape index (κ1) is 23.9. The van der Waals surface area contributed by atoms with Gasteiger partial charge in [0.15, 0.2) is 0 Å². The lowest BCUT2D eigenvalue weighted by Crippen LogP contribution is -2.52. The highest BCUT2D eigenvalue weighted by molar-refractivity contribution is 5.82. The Bertz CT molecular complexity index is 793. The molecule has 2 atom stereocenters. The number of ether oxygens (including phenoxy) is 3. The second kappa shape index (κ2) is 10.1. The van der Waals surface area contributed by atoms with E-state index in [0.717, 1.165) is 24.8 Å². The first-order valence-corrected chi connectivity index (χ1v) is 9.31. The normalized spacial score (nSPS) is 15.8. The van der Waals surface area contributed by atoms with Crippen molar-refractivity contribution in [3.05, 3.63) is 71.8 Å². The number of methoxy groups -OCH3 is 1. The van der Waals surface area contributed by atoms with Crippen molar-refractivity contribution >= 4 is 5.97 Å². The molecule has 0 heterocycles. The highest BCUT2D eigenvalue weighted by Gasteiger charge is 2.64. The molecule has 0 amide bonds. The van der Waals surface area contributed by atoms with Crippen LogP contribution in [0.4, 0.5) is 13.2 Å². The Labute approximate surface area is 173 Å². The number of carbonyl (C=O) groups excluding carboxylic acids is 1. The topological polar surface area (TPSA) is 65.0 Å². The van der Waals surface area contributed by atoms with Crippen LogP contribution in [0, 0.1) is 0 Å². The number of halogens is 3. The van der Waals surface area contributed by atoms with Crippen LogP contribution in [0.2, 0.25) is 0 Å². The molecule has 30 heavy (non-hydrogen) atoms. The molecular weight excluding hydrogens is 401 g/mol. The number of aliphatic hydroxyl groups is 1. The third-order valence-electron chi connectivity index (χ3n) is 4.58. The summed E-state index contributed by atoms with van der Waals surface area (Å²) in [5, 5.41) is 10.4. The smallest absolute Gasteiger partial charge is 0.432 e. The van der Waals surface area contributed by atoms with E-state index in [9.17, 15) is 23.1 Å². The second-order valence-corrected chi connectivity index (χ2v) is 7.11. The average Bonchev–Trinajstić information content (AvgIpc) is 2.71. The minimum absolute atomic E-state index is 0.0600. The summed E-state index contributed by atoms with van der Waals surface area (Å²) in [4.78, 5) is 12.5. The lowest BCUT2D eigenvalue weighted by Gasteiger charge is -2.33. The van der Waals surface area contributed by atoms with Gasteiger partial charge in [0.2, 0.25) is 0 Å². The molecule has 0 aliphatic rings. The standard InChI is InChI=1S/C22H25F3O5/c1-20(27,13-14-29-15-17-9-5-3-6-10-17)16-30-19(26)21(28-2,22(23,24)25)18-11-7-4-8-12-18/h3-12,27H,13-16H2,1-2H3/t20-,21+/m1/s1. The number of rotatable bonds is 10. The van der Waals surface area contributed by atoms with Gasteiger partial charge in [0, 0.05) is 25.7 Å². The van der Waals surface area contributed by atoms with Crippen molar-refractivity contribution in [3.8, 4) is 0 Å². The zero-order valence-corrected chi connectivity index (χ0v) is 16.8. The zero-order chi connectivity index (χ0) is 22.3. The summed E-state index contributed by atoms with van der Waals surface area (Å²) in [5.74, 6) is -1.64. The van der Waals surface area contributed by atoms with Gasteiger partial charge in [-0.3, -0.25) is 0 Å². The molecule has 0 saturated heterocycles. The molecule has 2 aromatic carbocycles. The Morgan fingerprint density at radius 3 is 2.10 bits per heavy atom. The number of alkyl halides is 3. The van der Waals surface area contributed by atoms with Crippen LogP contribution in [-0.4, -0.2) is 43.2 Å². The van der Waals surface area contributed by atoms with E-state index in [-0.39, 0.29) is 13.0 Å². The first-order valence-electron chi connectivity index (χ1n) is 9.31. The number of esters is 1. The van der Waals surface area contributed by atoms with Gasteiger partial charge in [-0.15, -0.1) is 0 Å². The largest absolute Gasteiger partial charge is 0.460 e. The van der Waals surface area contributed by atoms with Gasteiger partial charge < -0.3 is 19.3 Å². The zero-order valence-electron chi connectivity index (χ0n) is 16.8. The molecule has 164 valence electrons. The fourth-order valence-corrected chi connectivity index (χ4v) is 2.84. The molecule has 0 radical (unpaired) electrons. The van der Waals surface area contributed by atoms with Crippen LogP contribution in [0.15, 0.2) is 60.7 Å². The minimum atomic E-state index is -5.06. The van der Waals surface area contributed by atoms with Gasteiger partial charge in [-0.05, 0) is 12.5 Å². The number of benzene rings is 2. The SMILES string of the molecule is CO[C@](C(=O)OC[C@](C)(O)CCOCc1ccccc1)(c1ccccc1)C(F)(F)F. The van der Waals surface area contributed by atoms with E-state index in [4.69, 9.17) is 9.47 Å². The molecule has 1 N–H and O–H groups in total. The lowest BCUT2D eigenvalue weighted by atomic mass is 9.92. The Morgan fingerprint density at radius 2 is 1.57 bits per heavy atom. The molecule has 0 aromatic heterocycles. The van der Waals surface area contributed by atoms with Crippen molar-refractivity contribution in [3.63, 3.8) is 0 Å². The predicted octanol–water partition coefficient (Wildman–Crippen LogP) is 3.99. The van der Waals surface area contributed by atoms with E-state index in [0.29, 0.717) is 6.61 Å². The third-order valence-corrected chi connectivity index (χ3v) is 4.58. The lowest BCUT2D eigenvalue weighted by molar-refractivity contribution is -0.278. The molecule has 0 saturated carbocycles. The average molecular weight is 426 g/mol. The van der Waals surface area contributed by atoms with E-state index in [2.05, 4.69) is 4.74 Å². The molecule has 0 fully saturated rings. The summed E-state index contributed by atoms with van der Waals surface area (Å²) in [6, 6.07) is 15.9. The minimum Gasteiger partial charge on any atom is -0.460 e. The fraction of sp³-hybridized carbons (Fsp3) is 0.409. The Morgan fingerprint density at radius 1 is 1.00 bits per heavy atom. The van der Waals surface area contributed by atoms with Gasteiger partial charge >= 0.3 is 12.1 Å². The summed E-state index contributed by atoms with van der Waals surface area (Å²) in [5.41, 5.74) is -4.32. The fourth-order valence-electron chi connectivity index (χ4n) is 2.84. The van der Waals surface area contributed by atoms with Gasteiger partial charge in [0.25, 0.3) is 5.60 Å². The van der Waals surface area contributed by atoms with Crippen LogP contribution in [-0.2, 0) is 31.2 Å². The van der Waals surface area contributed by atoms with Gasteiger partial charge in [-0.1, -0.05) is 60.7 Å². The van der Waals surface area contributed by atoms with Crippen molar-refractivity contribution in [2.75, 3.05) is 20.3 Å². The molecular formula is C22H25F3O5. The summed E-state index contributed by atoms with van der Waals surface area (Å²) < 4.78 is 56.5. The molecule has 0 aliphatic carbocycles. The summed E-state index contributed by atoms with van der Waals surface area (Å²) in [6.07, 6.45) is -5.00. The van der Waals surface area contributed by atoms with E-state index < -0.39 is 35.5 Å². The van der Waals surface area contributed by atoms with Crippen LogP contribution in [0.1, 0.15) is 24.5 Å². The van der Waals surface area contributed by atoms with Gasteiger partial charge in [0.1, 0.15) is 6.61 Å². The highest BCUT2D eigenvalue weighted by Crippen LogP contribution is 2.43. The second-order valence-electron chi connectivity index (χ2n) is 7.11. The first-order chi connectivity index (χ1) is 14.1. The number of hydrogen-bond donors (Lipinski definition) is 1. The van der Waals surface area contributed by atoms with Crippen LogP contribution in [0.5, 0.6) is 0 Å². The van der Waals surface area contributed by atoms with Crippen molar-refractivity contribution in [1.82, 2.24) is 0 Å². The van der Waals surface area contributed by atoms with Crippen LogP contribution in [0.25, 0.3) is 0 Å². The maximum atomic E-state index is 13.8. The summed E-state index contributed by atoms with van der Waals surface area (Å²) in [7, 11) is 0.789. The Balaban J connectivity index is 1.98.